The maximum atomic E-state index is 13.9. The van der Waals surface area contributed by atoms with E-state index in [0.717, 1.165) is 11.1 Å². The first-order chi connectivity index (χ1) is 20.4. The largest absolute Gasteiger partial charge is 0.352 e. The molecule has 0 radical (unpaired) electrons. The summed E-state index contributed by atoms with van der Waals surface area (Å²) < 4.78 is 31.7. The Hall–Kier alpha value is -4.73. The van der Waals surface area contributed by atoms with E-state index in [-0.39, 0.29) is 22.8 Å². The van der Waals surface area contributed by atoms with Crippen LogP contribution in [0.2, 0.25) is 5.02 Å². The van der Waals surface area contributed by atoms with Gasteiger partial charge in [-0.25, -0.2) is 18.4 Å². The number of sulfonamides is 1. The van der Waals surface area contributed by atoms with Crippen LogP contribution in [0.3, 0.4) is 0 Å². The number of carbonyl (C=O) groups excluding carboxylic acids is 1. The van der Waals surface area contributed by atoms with Crippen molar-refractivity contribution in [1.82, 2.24) is 19.9 Å². The van der Waals surface area contributed by atoms with Crippen LogP contribution in [0.25, 0.3) is 22.2 Å². The van der Waals surface area contributed by atoms with Crippen LogP contribution >= 0.6 is 11.6 Å². The number of nitrogens with one attached hydrogen (secondary N) is 2. The van der Waals surface area contributed by atoms with Crippen molar-refractivity contribution in [2.45, 2.75) is 17.9 Å². The summed E-state index contributed by atoms with van der Waals surface area (Å²) in [4.78, 5) is 23.6. The number of para-hydroxylation sites is 2. The molecule has 6 rings (SSSR count). The average Bonchev–Trinajstić information content (AvgIpc) is 3.28. The molecule has 0 bridgehead atoms. The predicted octanol–water partition coefficient (Wildman–Crippen LogP) is 6.06. The number of fused-ring (bicyclic) bond motifs is 2. The summed E-state index contributed by atoms with van der Waals surface area (Å²) in [5, 5.41) is 3.37. The van der Waals surface area contributed by atoms with E-state index in [1.807, 2.05) is 84.9 Å². The van der Waals surface area contributed by atoms with Crippen molar-refractivity contribution < 1.29 is 13.2 Å². The van der Waals surface area contributed by atoms with Crippen LogP contribution in [-0.4, -0.2) is 35.4 Å². The predicted molar refractivity (Wildman–Crippen MR) is 165 cm³/mol. The molecule has 0 aliphatic heterocycles. The first-order valence-corrected chi connectivity index (χ1v) is 15.2. The fourth-order valence-corrected chi connectivity index (χ4v) is 6.00. The second-order valence-corrected chi connectivity index (χ2v) is 11.8. The van der Waals surface area contributed by atoms with E-state index in [0.29, 0.717) is 40.2 Å². The maximum absolute atomic E-state index is 13.9. The molecule has 0 aliphatic carbocycles. The number of amides is 1. The van der Waals surface area contributed by atoms with Crippen LogP contribution in [0.5, 0.6) is 0 Å². The van der Waals surface area contributed by atoms with Crippen molar-refractivity contribution in [3.63, 3.8) is 0 Å². The molecule has 210 valence electrons. The van der Waals surface area contributed by atoms with E-state index in [2.05, 4.69) is 10.0 Å². The van der Waals surface area contributed by atoms with Gasteiger partial charge in [0, 0.05) is 11.6 Å². The molecule has 0 aliphatic rings. The Morgan fingerprint density at radius 2 is 1.36 bits per heavy atom. The van der Waals surface area contributed by atoms with E-state index < -0.39 is 15.9 Å². The molecule has 6 aromatic rings. The minimum absolute atomic E-state index is 0.00457. The van der Waals surface area contributed by atoms with Crippen molar-refractivity contribution in [1.29, 1.82) is 0 Å². The molecule has 0 saturated carbocycles. The minimum atomic E-state index is -4.12. The SMILES string of the molecule is O=C(NCCc1ccccc1)c1c(NS(=O)(=O)c2ccc(Cl)cc2)n(Cc2ccccc2)c2nc3ccccc3nc12. The number of anilines is 1. The summed E-state index contributed by atoms with van der Waals surface area (Å²) in [6, 6.07) is 32.5. The fourth-order valence-electron chi connectivity index (χ4n) is 4.79. The highest BCUT2D eigenvalue weighted by Gasteiger charge is 2.29. The molecule has 0 saturated heterocycles. The quantitative estimate of drug-likeness (QED) is 0.211. The molecule has 2 N–H and O–H groups in total. The number of hydrogen-bond acceptors (Lipinski definition) is 5. The molecule has 8 nitrogen and oxygen atoms in total. The molecule has 1 amide bonds. The van der Waals surface area contributed by atoms with E-state index in [4.69, 9.17) is 21.6 Å². The highest BCUT2D eigenvalue weighted by molar-refractivity contribution is 7.92. The van der Waals surface area contributed by atoms with Gasteiger partial charge >= 0.3 is 0 Å². The van der Waals surface area contributed by atoms with E-state index in [1.165, 1.54) is 24.3 Å². The molecule has 0 atom stereocenters. The third-order valence-electron chi connectivity index (χ3n) is 6.86. The van der Waals surface area contributed by atoms with Gasteiger partial charge in [0.2, 0.25) is 0 Å². The van der Waals surface area contributed by atoms with E-state index in [1.54, 1.807) is 4.57 Å². The summed E-state index contributed by atoms with van der Waals surface area (Å²) in [5.74, 6) is -0.377. The molecule has 2 aromatic heterocycles. The number of benzene rings is 4. The van der Waals surface area contributed by atoms with Gasteiger partial charge in [-0.05, 0) is 53.9 Å². The standard InChI is InChI=1S/C32H26ClN5O3S/c33-24-15-17-25(18-16-24)42(40,41)37-30-28(32(39)34-20-19-22-9-3-1-4-10-22)29-31(36-27-14-8-7-13-26(27)35-29)38(30)21-23-11-5-2-6-12-23/h1-18,37H,19-21H2,(H,34,39). The Bertz CT molecular complexity index is 2000. The van der Waals surface area contributed by atoms with Crippen molar-refractivity contribution in [3.8, 4) is 0 Å². The number of hydrogen-bond donors (Lipinski definition) is 2. The molecule has 4 aromatic carbocycles. The summed E-state index contributed by atoms with van der Waals surface area (Å²) in [5.41, 5.74) is 3.97. The van der Waals surface area contributed by atoms with Crippen LogP contribution < -0.4 is 10.0 Å². The van der Waals surface area contributed by atoms with Gasteiger partial charge < -0.3 is 9.88 Å². The highest BCUT2D eigenvalue weighted by Crippen LogP contribution is 2.32. The van der Waals surface area contributed by atoms with Gasteiger partial charge in [0.25, 0.3) is 15.9 Å². The smallest absolute Gasteiger partial charge is 0.263 e. The minimum Gasteiger partial charge on any atom is -0.352 e. The Balaban J connectivity index is 1.51. The second kappa shape index (κ2) is 11.6. The molecule has 2 heterocycles. The normalized spacial score (nSPS) is 11.5. The van der Waals surface area contributed by atoms with Gasteiger partial charge in [-0.2, -0.15) is 0 Å². The zero-order valence-corrected chi connectivity index (χ0v) is 23.9. The van der Waals surface area contributed by atoms with Crippen molar-refractivity contribution in [3.05, 3.63) is 131 Å². The number of nitrogens with zero attached hydrogens (tertiary/aromatic N) is 3. The number of halogens is 1. The van der Waals surface area contributed by atoms with Crippen LogP contribution in [0.1, 0.15) is 21.5 Å². The second-order valence-electron chi connectivity index (χ2n) is 9.73. The van der Waals surface area contributed by atoms with E-state index in [9.17, 15) is 13.2 Å². The Kier molecular flexibility index (Phi) is 7.60. The van der Waals surface area contributed by atoms with Gasteiger partial charge in [0.1, 0.15) is 16.9 Å². The zero-order valence-electron chi connectivity index (χ0n) is 22.4. The van der Waals surface area contributed by atoms with Crippen molar-refractivity contribution in [2.24, 2.45) is 0 Å². The monoisotopic (exact) mass is 595 g/mol. The summed E-state index contributed by atoms with van der Waals surface area (Å²) in [7, 11) is -4.12. The van der Waals surface area contributed by atoms with Crippen molar-refractivity contribution >= 4 is 55.5 Å². The Morgan fingerprint density at radius 1 is 0.762 bits per heavy atom. The van der Waals surface area contributed by atoms with Gasteiger partial charge in [-0.1, -0.05) is 84.4 Å². The molecule has 0 fully saturated rings. The van der Waals surface area contributed by atoms with Crippen LogP contribution in [0.4, 0.5) is 5.82 Å². The highest BCUT2D eigenvalue weighted by atomic mass is 35.5. The molecule has 0 spiro atoms. The molecule has 42 heavy (non-hydrogen) atoms. The lowest BCUT2D eigenvalue weighted by Gasteiger charge is -2.15. The molecular weight excluding hydrogens is 570 g/mol. The third kappa shape index (κ3) is 5.70. The topological polar surface area (TPSA) is 106 Å². The van der Waals surface area contributed by atoms with E-state index >= 15 is 0 Å². The number of rotatable bonds is 9. The summed E-state index contributed by atoms with van der Waals surface area (Å²) in [6.45, 7) is 0.596. The summed E-state index contributed by atoms with van der Waals surface area (Å²) >= 11 is 6.01. The first kappa shape index (κ1) is 27.4. The maximum Gasteiger partial charge on any atom is 0.263 e. The summed E-state index contributed by atoms with van der Waals surface area (Å²) in [6.07, 6.45) is 0.607. The van der Waals surface area contributed by atoms with Gasteiger partial charge in [0.05, 0.1) is 22.5 Å². The number of aromatic nitrogens is 3. The van der Waals surface area contributed by atoms with Gasteiger partial charge in [0.15, 0.2) is 5.65 Å². The van der Waals surface area contributed by atoms with Gasteiger partial charge in [-0.3, -0.25) is 9.52 Å². The lowest BCUT2D eigenvalue weighted by molar-refractivity contribution is 0.0956. The van der Waals surface area contributed by atoms with Crippen LogP contribution in [0.15, 0.2) is 114 Å². The lowest BCUT2D eigenvalue weighted by Crippen LogP contribution is -2.27. The first-order valence-electron chi connectivity index (χ1n) is 13.3. The van der Waals surface area contributed by atoms with Crippen LogP contribution in [0, 0.1) is 0 Å². The molecule has 10 heteroatoms. The third-order valence-corrected chi connectivity index (χ3v) is 8.47. The lowest BCUT2D eigenvalue weighted by atomic mass is 10.1. The Morgan fingerprint density at radius 3 is 2.02 bits per heavy atom. The molecule has 0 unspecified atom stereocenters. The average molecular weight is 596 g/mol. The molecular formula is C32H26ClN5O3S. The fraction of sp³-hybridized carbons (Fsp3) is 0.0938. The zero-order chi connectivity index (χ0) is 29.1. The van der Waals surface area contributed by atoms with Crippen LogP contribution in [-0.2, 0) is 23.0 Å². The van der Waals surface area contributed by atoms with Gasteiger partial charge in [-0.15, -0.1) is 0 Å². The Labute approximate surface area is 248 Å². The number of carbonyl (C=O) groups is 1. The van der Waals surface area contributed by atoms with Crippen molar-refractivity contribution in [2.75, 3.05) is 11.3 Å².